The molecule has 1 fully saturated rings. The van der Waals surface area contributed by atoms with Gasteiger partial charge in [0.25, 0.3) is 5.91 Å². The van der Waals surface area contributed by atoms with Crippen molar-refractivity contribution >= 4 is 22.9 Å². The normalized spacial score (nSPS) is 15.0. The Kier molecular flexibility index (Phi) is 7.56. The molecule has 1 aromatic heterocycles. The minimum Gasteiger partial charge on any atom is -0.497 e. The number of aromatic nitrogens is 1. The van der Waals surface area contributed by atoms with Crippen molar-refractivity contribution in [3.8, 4) is 5.75 Å². The summed E-state index contributed by atoms with van der Waals surface area (Å²) in [6, 6.07) is 7.52. The van der Waals surface area contributed by atoms with Gasteiger partial charge in [-0.05, 0) is 58.9 Å². The Bertz CT molecular complexity index is 962. The second kappa shape index (κ2) is 10.2. The van der Waals surface area contributed by atoms with Gasteiger partial charge in [-0.25, -0.2) is 4.79 Å². The Balaban J connectivity index is 1.43. The van der Waals surface area contributed by atoms with E-state index in [4.69, 9.17) is 9.47 Å². The summed E-state index contributed by atoms with van der Waals surface area (Å²) in [6.45, 7) is 11.9. The minimum atomic E-state index is -0.474. The molecular formula is C24H34N4O4. The molecule has 2 aromatic rings. The van der Waals surface area contributed by atoms with E-state index in [-0.39, 0.29) is 12.0 Å². The van der Waals surface area contributed by atoms with E-state index in [1.165, 1.54) is 0 Å². The summed E-state index contributed by atoms with van der Waals surface area (Å²) in [6.07, 6.45) is 0.595. The van der Waals surface area contributed by atoms with Crippen molar-refractivity contribution in [3.63, 3.8) is 0 Å². The second-order valence-corrected chi connectivity index (χ2v) is 9.10. The summed E-state index contributed by atoms with van der Waals surface area (Å²) < 4.78 is 10.7. The van der Waals surface area contributed by atoms with Crippen LogP contribution in [0.25, 0.3) is 10.9 Å². The number of hydrogen-bond acceptors (Lipinski definition) is 6. The predicted molar refractivity (Wildman–Crippen MR) is 124 cm³/mol. The first-order valence-electron chi connectivity index (χ1n) is 11.1. The molecule has 8 heteroatoms. The number of benzene rings is 1. The summed E-state index contributed by atoms with van der Waals surface area (Å²) >= 11 is 0. The molecule has 2 heterocycles. The van der Waals surface area contributed by atoms with Gasteiger partial charge in [0, 0.05) is 44.2 Å². The molecule has 1 N–H and O–H groups in total. The standard InChI is InChI=1S/C24H34N4O4/c1-17-20(15-18-7-8-19(31-5)16-21(18)26-17)22(29)25-9-6-10-27-11-13-28(14-12-27)23(30)32-24(2,3)4/h7-8,15-16H,6,9-14H2,1-5H3,(H,25,29). The molecule has 3 rings (SSSR count). The van der Waals surface area contributed by atoms with Crippen molar-refractivity contribution in [3.05, 3.63) is 35.5 Å². The zero-order valence-corrected chi connectivity index (χ0v) is 19.7. The van der Waals surface area contributed by atoms with Gasteiger partial charge in [-0.1, -0.05) is 0 Å². The summed E-state index contributed by atoms with van der Waals surface area (Å²) in [5, 5.41) is 3.91. The third-order valence-electron chi connectivity index (χ3n) is 5.42. The van der Waals surface area contributed by atoms with Crippen LogP contribution in [0.5, 0.6) is 5.75 Å². The van der Waals surface area contributed by atoms with Crippen molar-refractivity contribution in [1.29, 1.82) is 0 Å². The number of piperazine rings is 1. The van der Waals surface area contributed by atoms with E-state index in [0.717, 1.165) is 42.7 Å². The van der Waals surface area contributed by atoms with Crippen LogP contribution >= 0.6 is 0 Å². The first-order valence-corrected chi connectivity index (χ1v) is 11.1. The van der Waals surface area contributed by atoms with E-state index in [1.54, 1.807) is 12.0 Å². The number of carbonyl (C=O) groups excluding carboxylic acids is 2. The number of carbonyl (C=O) groups is 2. The fraction of sp³-hybridized carbons (Fsp3) is 0.542. The monoisotopic (exact) mass is 442 g/mol. The Morgan fingerprint density at radius 2 is 1.84 bits per heavy atom. The molecule has 174 valence electrons. The number of amides is 2. The van der Waals surface area contributed by atoms with Crippen LogP contribution in [0.4, 0.5) is 4.79 Å². The van der Waals surface area contributed by atoms with Crippen molar-refractivity contribution < 1.29 is 19.1 Å². The molecule has 0 spiro atoms. The summed E-state index contributed by atoms with van der Waals surface area (Å²) in [5.74, 6) is 0.635. The van der Waals surface area contributed by atoms with Gasteiger partial charge in [0.15, 0.2) is 0 Å². The fourth-order valence-electron chi connectivity index (χ4n) is 3.68. The number of rotatable bonds is 6. The third kappa shape index (κ3) is 6.32. The molecule has 1 saturated heterocycles. The number of fused-ring (bicyclic) bond motifs is 1. The van der Waals surface area contributed by atoms with E-state index in [1.807, 2.05) is 52.0 Å². The zero-order chi connectivity index (χ0) is 23.3. The highest BCUT2D eigenvalue weighted by molar-refractivity contribution is 5.98. The fourth-order valence-corrected chi connectivity index (χ4v) is 3.68. The lowest BCUT2D eigenvalue weighted by molar-refractivity contribution is 0.0144. The topological polar surface area (TPSA) is 84.0 Å². The lowest BCUT2D eigenvalue weighted by Gasteiger charge is -2.35. The third-order valence-corrected chi connectivity index (χ3v) is 5.42. The number of nitrogens with zero attached hydrogens (tertiary/aromatic N) is 3. The van der Waals surface area contributed by atoms with Gasteiger partial charge in [0.2, 0.25) is 0 Å². The maximum absolute atomic E-state index is 12.7. The molecule has 0 bridgehead atoms. The van der Waals surface area contributed by atoms with E-state index in [2.05, 4.69) is 15.2 Å². The Morgan fingerprint density at radius 3 is 2.50 bits per heavy atom. The highest BCUT2D eigenvalue weighted by Gasteiger charge is 2.25. The lowest BCUT2D eigenvalue weighted by Crippen LogP contribution is -2.50. The minimum absolute atomic E-state index is 0.109. The molecule has 8 nitrogen and oxygen atoms in total. The average Bonchev–Trinajstić information content (AvgIpc) is 2.74. The van der Waals surface area contributed by atoms with Gasteiger partial charge in [0.05, 0.1) is 23.9 Å². The lowest BCUT2D eigenvalue weighted by atomic mass is 10.1. The summed E-state index contributed by atoms with van der Waals surface area (Å²) in [7, 11) is 1.62. The van der Waals surface area contributed by atoms with Crippen LogP contribution in [-0.4, -0.2) is 78.8 Å². The number of ether oxygens (including phenoxy) is 2. The Labute approximate surface area is 189 Å². The van der Waals surface area contributed by atoms with Gasteiger partial charge < -0.3 is 19.7 Å². The molecule has 2 amide bonds. The molecule has 0 aliphatic carbocycles. The van der Waals surface area contributed by atoms with Gasteiger partial charge in [-0.3, -0.25) is 14.7 Å². The van der Waals surface area contributed by atoms with Crippen LogP contribution in [0, 0.1) is 6.92 Å². The van der Waals surface area contributed by atoms with Crippen LogP contribution < -0.4 is 10.1 Å². The van der Waals surface area contributed by atoms with Crippen LogP contribution in [0.1, 0.15) is 43.2 Å². The van der Waals surface area contributed by atoms with Crippen molar-refractivity contribution in [2.75, 3.05) is 46.4 Å². The molecule has 0 radical (unpaired) electrons. The molecule has 32 heavy (non-hydrogen) atoms. The SMILES string of the molecule is COc1ccc2cc(C(=O)NCCCN3CCN(C(=O)OC(C)(C)C)CC3)c(C)nc2c1. The number of aryl methyl sites for hydroxylation is 1. The zero-order valence-electron chi connectivity index (χ0n) is 19.7. The molecule has 1 aliphatic heterocycles. The maximum atomic E-state index is 12.7. The van der Waals surface area contributed by atoms with Gasteiger partial charge >= 0.3 is 6.09 Å². The van der Waals surface area contributed by atoms with Crippen LogP contribution in [-0.2, 0) is 4.74 Å². The van der Waals surface area contributed by atoms with Crippen LogP contribution in [0.2, 0.25) is 0 Å². The first kappa shape index (κ1) is 23.8. The highest BCUT2D eigenvalue weighted by Crippen LogP contribution is 2.21. The van der Waals surface area contributed by atoms with Crippen LogP contribution in [0.3, 0.4) is 0 Å². The van der Waals surface area contributed by atoms with E-state index in [9.17, 15) is 9.59 Å². The summed E-state index contributed by atoms with van der Waals surface area (Å²) in [4.78, 5) is 33.5. The van der Waals surface area contributed by atoms with Gasteiger partial charge in [-0.15, -0.1) is 0 Å². The smallest absolute Gasteiger partial charge is 0.410 e. The van der Waals surface area contributed by atoms with Gasteiger partial charge in [0.1, 0.15) is 11.4 Å². The molecular weight excluding hydrogens is 408 g/mol. The molecule has 0 saturated carbocycles. The number of methoxy groups -OCH3 is 1. The Morgan fingerprint density at radius 1 is 1.12 bits per heavy atom. The van der Waals surface area contributed by atoms with Crippen molar-refractivity contribution in [2.45, 2.75) is 39.7 Å². The maximum Gasteiger partial charge on any atom is 0.410 e. The largest absolute Gasteiger partial charge is 0.497 e. The van der Waals surface area contributed by atoms with Crippen LogP contribution in [0.15, 0.2) is 24.3 Å². The summed E-state index contributed by atoms with van der Waals surface area (Å²) in [5.41, 5.74) is 1.62. The van der Waals surface area contributed by atoms with E-state index in [0.29, 0.717) is 30.9 Å². The number of nitrogens with one attached hydrogen (secondary N) is 1. The van der Waals surface area contributed by atoms with Gasteiger partial charge in [-0.2, -0.15) is 0 Å². The number of pyridine rings is 1. The number of hydrogen-bond donors (Lipinski definition) is 1. The van der Waals surface area contributed by atoms with Crippen molar-refractivity contribution in [2.24, 2.45) is 0 Å². The predicted octanol–water partition coefficient (Wildman–Crippen LogP) is 3.22. The second-order valence-electron chi connectivity index (χ2n) is 9.10. The quantitative estimate of drug-likeness (QED) is 0.692. The Hall–Kier alpha value is -2.87. The molecule has 1 aliphatic rings. The first-order chi connectivity index (χ1) is 15.2. The highest BCUT2D eigenvalue weighted by atomic mass is 16.6. The average molecular weight is 443 g/mol. The molecule has 0 unspecified atom stereocenters. The molecule has 0 atom stereocenters. The van der Waals surface area contributed by atoms with E-state index < -0.39 is 5.60 Å². The van der Waals surface area contributed by atoms with E-state index >= 15 is 0 Å². The van der Waals surface area contributed by atoms with Crippen molar-refractivity contribution in [1.82, 2.24) is 20.1 Å². The molecule has 1 aromatic carbocycles.